The van der Waals surface area contributed by atoms with Crippen LogP contribution in [-0.4, -0.2) is 13.2 Å². The van der Waals surface area contributed by atoms with Crippen LogP contribution in [0.3, 0.4) is 0 Å². The second-order valence-electron chi connectivity index (χ2n) is 2.07. The quantitative estimate of drug-likeness (QED) is 0.405. The third kappa shape index (κ3) is 7.44. The summed E-state index contributed by atoms with van der Waals surface area (Å²) in [6.45, 7) is 10.7. The van der Waals surface area contributed by atoms with Crippen LogP contribution in [0.5, 0.6) is 0 Å². The molecule has 0 aliphatic carbocycles. The Hall–Kier alpha value is -0.560. The molecule has 0 saturated heterocycles. The van der Waals surface area contributed by atoms with Gasteiger partial charge in [0.15, 0.2) is 0 Å². The number of rotatable bonds is 5. The zero-order chi connectivity index (χ0) is 7.11. The fourth-order valence-corrected chi connectivity index (χ4v) is 0.413. The molecular formula is C8H14O. The number of hydrogen-bond donors (Lipinski definition) is 0. The lowest BCUT2D eigenvalue weighted by molar-refractivity contribution is 0.166. The molecule has 1 heteroatoms. The smallest absolute Gasteiger partial charge is 0.0644 e. The van der Waals surface area contributed by atoms with Gasteiger partial charge in [0.2, 0.25) is 0 Å². The third-order valence-electron chi connectivity index (χ3n) is 0.909. The first-order valence-corrected chi connectivity index (χ1v) is 3.10. The molecule has 0 saturated carbocycles. The fraction of sp³-hybridized carbons (Fsp3) is 0.500. The number of hydrogen-bond acceptors (Lipinski definition) is 1. The first kappa shape index (κ1) is 8.44. The maximum Gasteiger partial charge on any atom is 0.0644 e. The van der Waals surface area contributed by atoms with Gasteiger partial charge >= 0.3 is 0 Å². The molecule has 0 unspecified atom stereocenters. The predicted molar refractivity (Wildman–Crippen MR) is 40.4 cm³/mol. The minimum atomic E-state index is 0.646. The van der Waals surface area contributed by atoms with Crippen LogP contribution in [-0.2, 0) is 4.74 Å². The van der Waals surface area contributed by atoms with Crippen molar-refractivity contribution >= 4 is 0 Å². The molecule has 0 bridgehead atoms. The molecule has 0 fully saturated rings. The van der Waals surface area contributed by atoms with E-state index in [0.29, 0.717) is 6.61 Å². The predicted octanol–water partition coefficient (Wildman–Crippen LogP) is 2.16. The third-order valence-corrected chi connectivity index (χ3v) is 0.909. The molecule has 1 nitrogen and oxygen atoms in total. The first-order valence-electron chi connectivity index (χ1n) is 3.10. The fourth-order valence-electron chi connectivity index (χ4n) is 0.413. The molecule has 0 aromatic rings. The molecule has 0 N–H and O–H groups in total. The Labute approximate surface area is 57.0 Å². The van der Waals surface area contributed by atoms with E-state index in [2.05, 4.69) is 13.2 Å². The Kier molecular flexibility index (Phi) is 5.23. The van der Waals surface area contributed by atoms with Gasteiger partial charge < -0.3 is 4.74 Å². The van der Waals surface area contributed by atoms with E-state index in [9.17, 15) is 0 Å². The van der Waals surface area contributed by atoms with Gasteiger partial charge in [-0.3, -0.25) is 0 Å². The molecule has 9 heavy (non-hydrogen) atoms. The van der Waals surface area contributed by atoms with Crippen molar-refractivity contribution in [3.05, 3.63) is 24.8 Å². The van der Waals surface area contributed by atoms with Gasteiger partial charge in [-0.1, -0.05) is 11.6 Å². The van der Waals surface area contributed by atoms with Crippen molar-refractivity contribution in [3.63, 3.8) is 0 Å². The summed E-state index contributed by atoms with van der Waals surface area (Å²) in [7, 11) is 0. The Morgan fingerprint density at radius 2 is 2.33 bits per heavy atom. The summed E-state index contributed by atoms with van der Waals surface area (Å²) in [5.41, 5.74) is 1.17. The normalized spacial score (nSPS) is 9.00. The molecule has 0 heterocycles. The van der Waals surface area contributed by atoms with Crippen molar-refractivity contribution in [2.45, 2.75) is 13.3 Å². The van der Waals surface area contributed by atoms with Gasteiger partial charge in [-0.2, -0.15) is 0 Å². The minimum absolute atomic E-state index is 0.646. The number of ether oxygens (including phenoxy) is 1. The van der Waals surface area contributed by atoms with Gasteiger partial charge in [0.25, 0.3) is 0 Å². The zero-order valence-electron chi connectivity index (χ0n) is 6.02. The van der Waals surface area contributed by atoms with Crippen LogP contribution in [0, 0.1) is 0 Å². The van der Waals surface area contributed by atoms with Crippen LogP contribution in [0.15, 0.2) is 24.8 Å². The maximum atomic E-state index is 5.11. The lowest BCUT2D eigenvalue weighted by Gasteiger charge is -1.98. The summed E-state index contributed by atoms with van der Waals surface area (Å²) in [5.74, 6) is 0. The van der Waals surface area contributed by atoms with Gasteiger partial charge in [0, 0.05) is 0 Å². The monoisotopic (exact) mass is 126 g/mol. The van der Waals surface area contributed by atoms with Gasteiger partial charge in [-0.15, -0.1) is 13.2 Å². The van der Waals surface area contributed by atoms with Crippen molar-refractivity contribution in [2.75, 3.05) is 13.2 Å². The maximum absolute atomic E-state index is 5.11. The Bertz CT molecular complexity index is 94.7. The second kappa shape index (κ2) is 5.57. The molecule has 0 aliphatic rings. The highest BCUT2D eigenvalue weighted by molar-refractivity contribution is 4.87. The summed E-state index contributed by atoms with van der Waals surface area (Å²) in [6, 6.07) is 0. The van der Waals surface area contributed by atoms with Gasteiger partial charge in [-0.25, -0.2) is 0 Å². The summed E-state index contributed by atoms with van der Waals surface area (Å²) < 4.78 is 5.11. The average Bonchev–Trinajstić information content (AvgIpc) is 1.80. The van der Waals surface area contributed by atoms with Crippen LogP contribution in [0.2, 0.25) is 0 Å². The molecule has 0 atom stereocenters. The first-order chi connectivity index (χ1) is 4.27. The van der Waals surface area contributed by atoms with Crippen LogP contribution in [0.25, 0.3) is 0 Å². The Morgan fingerprint density at radius 1 is 1.67 bits per heavy atom. The summed E-state index contributed by atoms with van der Waals surface area (Å²) in [4.78, 5) is 0. The van der Waals surface area contributed by atoms with Crippen LogP contribution >= 0.6 is 0 Å². The van der Waals surface area contributed by atoms with Gasteiger partial charge in [0.1, 0.15) is 0 Å². The lowest BCUT2D eigenvalue weighted by Crippen LogP contribution is -1.93. The van der Waals surface area contributed by atoms with E-state index >= 15 is 0 Å². The highest BCUT2D eigenvalue weighted by Crippen LogP contribution is 1.94. The molecule has 0 spiro atoms. The van der Waals surface area contributed by atoms with Crippen LogP contribution in [0.4, 0.5) is 0 Å². The lowest BCUT2D eigenvalue weighted by atomic mass is 10.3. The largest absolute Gasteiger partial charge is 0.377 e. The van der Waals surface area contributed by atoms with Crippen LogP contribution < -0.4 is 0 Å². The van der Waals surface area contributed by atoms with Crippen molar-refractivity contribution in [1.82, 2.24) is 0 Å². The Balaban J connectivity index is 2.91. The molecule has 0 rings (SSSR count). The summed E-state index contributed by atoms with van der Waals surface area (Å²) in [5, 5.41) is 0. The van der Waals surface area contributed by atoms with Crippen molar-refractivity contribution < 1.29 is 4.74 Å². The zero-order valence-corrected chi connectivity index (χ0v) is 6.02. The average molecular weight is 126 g/mol. The molecular weight excluding hydrogens is 112 g/mol. The molecule has 0 amide bonds. The van der Waals surface area contributed by atoms with E-state index in [1.165, 1.54) is 5.57 Å². The van der Waals surface area contributed by atoms with Crippen LogP contribution in [0.1, 0.15) is 13.3 Å². The Morgan fingerprint density at radius 3 is 2.78 bits per heavy atom. The molecule has 0 radical (unpaired) electrons. The van der Waals surface area contributed by atoms with E-state index in [-0.39, 0.29) is 0 Å². The molecule has 0 aliphatic heterocycles. The topological polar surface area (TPSA) is 9.23 Å². The minimum Gasteiger partial charge on any atom is -0.377 e. The van der Waals surface area contributed by atoms with E-state index < -0.39 is 0 Å². The highest BCUT2D eigenvalue weighted by Gasteiger charge is 1.84. The molecule has 52 valence electrons. The van der Waals surface area contributed by atoms with E-state index in [1.807, 2.05) is 6.92 Å². The molecule has 0 aromatic carbocycles. The van der Waals surface area contributed by atoms with Crippen molar-refractivity contribution in [1.29, 1.82) is 0 Å². The van der Waals surface area contributed by atoms with E-state index in [4.69, 9.17) is 4.74 Å². The summed E-state index contributed by atoms with van der Waals surface area (Å²) >= 11 is 0. The second-order valence-corrected chi connectivity index (χ2v) is 2.07. The molecule has 0 aromatic heterocycles. The standard InChI is InChI=1S/C8H14O/c1-4-6-9-7-5-8(2)3/h4H,1-2,5-7H2,3H3. The van der Waals surface area contributed by atoms with Crippen molar-refractivity contribution in [2.24, 2.45) is 0 Å². The summed E-state index contributed by atoms with van der Waals surface area (Å²) in [6.07, 6.45) is 2.70. The van der Waals surface area contributed by atoms with E-state index in [0.717, 1.165) is 13.0 Å². The van der Waals surface area contributed by atoms with Gasteiger partial charge in [-0.05, 0) is 13.3 Å². The van der Waals surface area contributed by atoms with Crippen molar-refractivity contribution in [3.8, 4) is 0 Å². The van der Waals surface area contributed by atoms with Gasteiger partial charge in [0.05, 0.1) is 13.2 Å². The highest BCUT2D eigenvalue weighted by atomic mass is 16.5. The van der Waals surface area contributed by atoms with E-state index in [1.54, 1.807) is 6.08 Å². The SMILES string of the molecule is C=CCOCCC(=C)C.